The highest BCUT2D eigenvalue weighted by Crippen LogP contribution is 2.21. The van der Waals surface area contributed by atoms with Crippen LogP contribution in [0.3, 0.4) is 0 Å². The van der Waals surface area contributed by atoms with E-state index >= 15 is 0 Å². The Morgan fingerprint density at radius 2 is 2.26 bits per heavy atom. The predicted molar refractivity (Wildman–Crippen MR) is 73.0 cm³/mol. The van der Waals surface area contributed by atoms with Gasteiger partial charge in [-0.25, -0.2) is 0 Å². The summed E-state index contributed by atoms with van der Waals surface area (Å²) in [4.78, 5) is 6.79. The van der Waals surface area contributed by atoms with Gasteiger partial charge in [-0.1, -0.05) is 0 Å². The number of aryl methyl sites for hydroxylation is 1. The fourth-order valence-corrected chi connectivity index (χ4v) is 2.36. The lowest BCUT2D eigenvalue weighted by Crippen LogP contribution is -2.49. The van der Waals surface area contributed by atoms with Crippen LogP contribution in [0.1, 0.15) is 12.6 Å². The van der Waals surface area contributed by atoms with Crippen LogP contribution in [-0.2, 0) is 7.05 Å². The number of H-pyrrole nitrogens is 1. The molecule has 7 heteroatoms. The molecule has 2 N–H and O–H groups in total. The molecular weight excluding hydrogens is 242 g/mol. The van der Waals surface area contributed by atoms with E-state index in [1.165, 1.54) is 0 Å². The van der Waals surface area contributed by atoms with Crippen molar-refractivity contribution in [3.8, 4) is 11.4 Å². The third kappa shape index (κ3) is 2.21. The normalized spacial score (nSPS) is 19.9. The summed E-state index contributed by atoms with van der Waals surface area (Å²) in [5, 5.41) is 15.0. The minimum atomic E-state index is 0.468. The van der Waals surface area contributed by atoms with Gasteiger partial charge < -0.3 is 10.2 Å². The second-order valence-electron chi connectivity index (χ2n) is 5.05. The minimum Gasteiger partial charge on any atom is -0.337 e. The largest absolute Gasteiger partial charge is 0.337 e. The second kappa shape index (κ2) is 4.65. The number of nitrogens with one attached hydrogen (secondary N) is 2. The molecule has 1 saturated heterocycles. The van der Waals surface area contributed by atoms with Crippen molar-refractivity contribution in [3.63, 3.8) is 0 Å². The monoisotopic (exact) mass is 261 g/mol. The van der Waals surface area contributed by atoms with E-state index in [2.05, 4.69) is 37.4 Å². The number of hydrogen-bond donors (Lipinski definition) is 2. The van der Waals surface area contributed by atoms with Crippen molar-refractivity contribution in [2.45, 2.75) is 19.9 Å². The van der Waals surface area contributed by atoms with E-state index in [0.29, 0.717) is 6.04 Å². The van der Waals surface area contributed by atoms with Crippen molar-refractivity contribution < 1.29 is 0 Å². The number of anilines is 1. The summed E-state index contributed by atoms with van der Waals surface area (Å²) < 4.78 is 1.84. The number of nitrogens with zero attached hydrogens (tertiary/aromatic N) is 5. The molecule has 0 unspecified atom stereocenters. The van der Waals surface area contributed by atoms with Crippen LogP contribution >= 0.6 is 0 Å². The van der Waals surface area contributed by atoms with Crippen molar-refractivity contribution in [3.05, 3.63) is 11.9 Å². The van der Waals surface area contributed by atoms with Crippen LogP contribution in [0.5, 0.6) is 0 Å². The molecule has 0 aliphatic carbocycles. The summed E-state index contributed by atoms with van der Waals surface area (Å²) in [6, 6.07) is 0.468. The van der Waals surface area contributed by atoms with Crippen molar-refractivity contribution in [1.29, 1.82) is 0 Å². The van der Waals surface area contributed by atoms with Crippen LogP contribution in [0, 0.1) is 6.92 Å². The van der Waals surface area contributed by atoms with E-state index in [1.54, 1.807) is 0 Å². The number of rotatable bonds is 2. The Balaban J connectivity index is 1.85. The third-order valence-electron chi connectivity index (χ3n) is 3.62. The fraction of sp³-hybridized carbons (Fsp3) is 0.583. The lowest BCUT2D eigenvalue weighted by molar-refractivity contribution is 0.480. The van der Waals surface area contributed by atoms with E-state index < -0.39 is 0 Å². The van der Waals surface area contributed by atoms with Crippen molar-refractivity contribution in [2.24, 2.45) is 7.05 Å². The van der Waals surface area contributed by atoms with E-state index in [9.17, 15) is 0 Å². The summed E-state index contributed by atoms with van der Waals surface area (Å²) in [5.74, 6) is 1.55. The molecule has 2 aromatic heterocycles. The van der Waals surface area contributed by atoms with E-state index in [-0.39, 0.29) is 0 Å². The molecule has 7 nitrogen and oxygen atoms in total. The number of piperazine rings is 1. The molecule has 0 saturated carbocycles. The average Bonchev–Trinajstić information content (AvgIpc) is 2.98. The molecule has 1 fully saturated rings. The molecule has 3 heterocycles. The number of aromatic nitrogens is 5. The molecule has 19 heavy (non-hydrogen) atoms. The SMILES string of the molecule is Cc1c(-c2nc(N3CCN[C@H](C)C3)n[nH]2)cnn1C. The Labute approximate surface area is 112 Å². The summed E-state index contributed by atoms with van der Waals surface area (Å²) >= 11 is 0. The van der Waals surface area contributed by atoms with Gasteiger partial charge in [0.2, 0.25) is 5.95 Å². The van der Waals surface area contributed by atoms with E-state index in [0.717, 1.165) is 42.7 Å². The van der Waals surface area contributed by atoms with Crippen LogP contribution in [0.4, 0.5) is 5.95 Å². The maximum absolute atomic E-state index is 4.59. The molecule has 102 valence electrons. The van der Waals surface area contributed by atoms with Crippen LogP contribution in [0.25, 0.3) is 11.4 Å². The molecule has 1 aliphatic rings. The highest BCUT2D eigenvalue weighted by Gasteiger charge is 2.20. The molecule has 2 aromatic rings. The van der Waals surface area contributed by atoms with Crippen molar-refractivity contribution in [2.75, 3.05) is 24.5 Å². The maximum atomic E-state index is 4.59. The smallest absolute Gasteiger partial charge is 0.245 e. The van der Waals surface area contributed by atoms with Gasteiger partial charge in [0, 0.05) is 38.4 Å². The quantitative estimate of drug-likeness (QED) is 0.814. The van der Waals surface area contributed by atoms with Crippen LogP contribution in [0.15, 0.2) is 6.20 Å². The fourth-order valence-electron chi connectivity index (χ4n) is 2.36. The minimum absolute atomic E-state index is 0.468. The number of aromatic amines is 1. The van der Waals surface area contributed by atoms with Gasteiger partial charge in [-0.3, -0.25) is 9.78 Å². The summed E-state index contributed by atoms with van der Waals surface area (Å²) in [7, 11) is 1.92. The van der Waals surface area contributed by atoms with Gasteiger partial charge in [-0.2, -0.15) is 10.1 Å². The lowest BCUT2D eigenvalue weighted by atomic mass is 10.2. The van der Waals surface area contributed by atoms with Crippen LogP contribution in [0.2, 0.25) is 0 Å². The topological polar surface area (TPSA) is 74.7 Å². The Morgan fingerprint density at radius 3 is 2.95 bits per heavy atom. The zero-order chi connectivity index (χ0) is 13.4. The maximum Gasteiger partial charge on any atom is 0.245 e. The highest BCUT2D eigenvalue weighted by molar-refractivity contribution is 5.58. The Morgan fingerprint density at radius 1 is 1.42 bits per heavy atom. The average molecular weight is 261 g/mol. The zero-order valence-corrected chi connectivity index (χ0v) is 11.5. The molecule has 3 rings (SSSR count). The predicted octanol–water partition coefficient (Wildman–Crippen LogP) is 0.312. The summed E-state index contributed by atoms with van der Waals surface area (Å²) in [6.07, 6.45) is 1.82. The van der Waals surface area contributed by atoms with Gasteiger partial charge in [-0.15, -0.1) is 5.10 Å². The molecular formula is C12H19N7. The van der Waals surface area contributed by atoms with E-state index in [1.807, 2.05) is 24.9 Å². The van der Waals surface area contributed by atoms with Crippen LogP contribution < -0.4 is 10.2 Å². The van der Waals surface area contributed by atoms with Gasteiger partial charge in [0.05, 0.1) is 11.8 Å². The van der Waals surface area contributed by atoms with Gasteiger partial charge >= 0.3 is 0 Å². The first-order chi connectivity index (χ1) is 9.15. The zero-order valence-electron chi connectivity index (χ0n) is 11.5. The van der Waals surface area contributed by atoms with Gasteiger partial charge in [0.1, 0.15) is 0 Å². The number of hydrogen-bond acceptors (Lipinski definition) is 5. The van der Waals surface area contributed by atoms with Crippen molar-refractivity contribution >= 4 is 5.95 Å². The molecule has 1 aliphatic heterocycles. The molecule has 0 aromatic carbocycles. The third-order valence-corrected chi connectivity index (χ3v) is 3.62. The Bertz CT molecular complexity index is 570. The van der Waals surface area contributed by atoms with E-state index in [4.69, 9.17) is 0 Å². The first kappa shape index (κ1) is 12.2. The standard InChI is InChI=1S/C12H19N7/c1-8-7-19(5-4-13-8)12-15-11(16-17-12)10-6-14-18(3)9(10)2/h6,8,13H,4-5,7H2,1-3H3,(H,15,16,17)/t8-/m1/s1. The van der Waals surface area contributed by atoms with Crippen LogP contribution in [-0.4, -0.2) is 50.6 Å². The van der Waals surface area contributed by atoms with Crippen molar-refractivity contribution in [1.82, 2.24) is 30.3 Å². The Hall–Kier alpha value is -1.89. The first-order valence-corrected chi connectivity index (χ1v) is 6.55. The Kier molecular flexibility index (Phi) is 2.98. The van der Waals surface area contributed by atoms with Gasteiger partial charge in [-0.05, 0) is 13.8 Å². The first-order valence-electron chi connectivity index (χ1n) is 6.55. The molecule has 1 atom stereocenters. The molecule has 0 radical (unpaired) electrons. The summed E-state index contributed by atoms with van der Waals surface area (Å²) in [6.45, 7) is 7.04. The molecule has 0 amide bonds. The van der Waals surface area contributed by atoms with Gasteiger partial charge in [0.25, 0.3) is 0 Å². The van der Waals surface area contributed by atoms with Gasteiger partial charge in [0.15, 0.2) is 5.82 Å². The molecule has 0 spiro atoms. The lowest BCUT2D eigenvalue weighted by Gasteiger charge is -2.30. The molecule has 0 bridgehead atoms. The second-order valence-corrected chi connectivity index (χ2v) is 5.05. The highest BCUT2D eigenvalue weighted by atomic mass is 15.4. The summed E-state index contributed by atoms with van der Waals surface area (Å²) in [5.41, 5.74) is 2.08.